The lowest BCUT2D eigenvalue weighted by Crippen LogP contribution is -2.19. The van der Waals surface area contributed by atoms with E-state index in [2.05, 4.69) is 24.3 Å². The molecule has 2 nitrogen and oxygen atoms in total. The Labute approximate surface area is 152 Å². The molecule has 0 fully saturated rings. The molecule has 1 unspecified atom stereocenters. The molecule has 3 aromatic carbocycles. The van der Waals surface area contributed by atoms with Gasteiger partial charge in [0.15, 0.2) is 0 Å². The second-order valence-corrected chi connectivity index (χ2v) is 6.26. The van der Waals surface area contributed by atoms with Gasteiger partial charge in [0.2, 0.25) is 0 Å². The van der Waals surface area contributed by atoms with Crippen LogP contribution in [-0.4, -0.2) is 5.71 Å². The van der Waals surface area contributed by atoms with Gasteiger partial charge in [0.1, 0.15) is 5.82 Å². The van der Waals surface area contributed by atoms with Crippen molar-refractivity contribution >= 4 is 17.5 Å². The van der Waals surface area contributed by atoms with Crippen molar-refractivity contribution < 1.29 is 4.39 Å². The first-order valence-electron chi connectivity index (χ1n) is 8.70. The second-order valence-electron chi connectivity index (χ2n) is 6.26. The van der Waals surface area contributed by atoms with Crippen molar-refractivity contribution in [3.8, 4) is 0 Å². The molecule has 3 aromatic rings. The number of anilines is 1. The Balaban J connectivity index is 1.68. The molecule has 0 aliphatic carbocycles. The van der Waals surface area contributed by atoms with Crippen LogP contribution < -0.4 is 5.01 Å². The number of halogens is 1. The summed E-state index contributed by atoms with van der Waals surface area (Å²) < 4.78 is 14.4. The van der Waals surface area contributed by atoms with E-state index in [0.717, 1.165) is 23.3 Å². The largest absolute Gasteiger partial charge is 0.254 e. The minimum Gasteiger partial charge on any atom is -0.254 e. The quantitative estimate of drug-likeness (QED) is 0.581. The number of benzene rings is 3. The highest BCUT2D eigenvalue weighted by atomic mass is 19.1. The SMILES string of the molecule is Fc1ccccc1N1N=C(C=Cc2ccccc2)CC1c1ccccc1. The molecule has 1 heterocycles. The molecule has 26 heavy (non-hydrogen) atoms. The lowest BCUT2D eigenvalue weighted by Gasteiger charge is -2.24. The summed E-state index contributed by atoms with van der Waals surface area (Å²) in [6.45, 7) is 0. The van der Waals surface area contributed by atoms with E-state index in [0.29, 0.717) is 5.69 Å². The van der Waals surface area contributed by atoms with E-state index in [1.807, 2.05) is 54.6 Å². The fraction of sp³-hybridized carbons (Fsp3) is 0.0870. The van der Waals surface area contributed by atoms with Crippen molar-refractivity contribution in [2.24, 2.45) is 5.10 Å². The molecular formula is C23H19FN2. The van der Waals surface area contributed by atoms with E-state index >= 15 is 0 Å². The monoisotopic (exact) mass is 342 g/mol. The third-order valence-electron chi connectivity index (χ3n) is 4.49. The fourth-order valence-corrected chi connectivity index (χ4v) is 3.18. The van der Waals surface area contributed by atoms with Gasteiger partial charge in [0.25, 0.3) is 0 Å². The van der Waals surface area contributed by atoms with Gasteiger partial charge in [0, 0.05) is 6.42 Å². The highest BCUT2D eigenvalue weighted by molar-refractivity contribution is 6.01. The van der Waals surface area contributed by atoms with Crippen molar-refractivity contribution in [1.82, 2.24) is 0 Å². The Morgan fingerprint density at radius 2 is 1.46 bits per heavy atom. The Hall–Kier alpha value is -3.20. The molecule has 0 amide bonds. The highest BCUT2D eigenvalue weighted by Gasteiger charge is 2.29. The van der Waals surface area contributed by atoms with E-state index in [1.165, 1.54) is 6.07 Å². The number of nitrogens with zero attached hydrogens (tertiary/aromatic N) is 2. The molecule has 0 aromatic heterocycles. The van der Waals surface area contributed by atoms with Gasteiger partial charge < -0.3 is 0 Å². The molecule has 0 saturated carbocycles. The standard InChI is InChI=1S/C23H19FN2/c24-21-13-7-8-14-22(21)26-23(19-11-5-2-6-12-19)17-20(25-26)16-15-18-9-3-1-4-10-18/h1-16,23H,17H2. The second kappa shape index (κ2) is 7.36. The lowest BCUT2D eigenvalue weighted by atomic mass is 10.0. The molecular weight excluding hydrogens is 323 g/mol. The highest BCUT2D eigenvalue weighted by Crippen LogP contribution is 2.36. The van der Waals surface area contributed by atoms with E-state index < -0.39 is 0 Å². The number of hydrogen-bond acceptors (Lipinski definition) is 2. The molecule has 0 N–H and O–H groups in total. The number of hydrazone groups is 1. The maximum absolute atomic E-state index is 14.4. The van der Waals surface area contributed by atoms with Crippen molar-refractivity contribution in [1.29, 1.82) is 0 Å². The molecule has 0 radical (unpaired) electrons. The van der Waals surface area contributed by atoms with Crippen molar-refractivity contribution in [2.45, 2.75) is 12.5 Å². The number of hydrogen-bond donors (Lipinski definition) is 0. The van der Waals surface area contributed by atoms with E-state index in [1.54, 1.807) is 17.1 Å². The van der Waals surface area contributed by atoms with E-state index in [4.69, 9.17) is 5.10 Å². The van der Waals surface area contributed by atoms with Crippen molar-refractivity contribution in [3.63, 3.8) is 0 Å². The zero-order valence-corrected chi connectivity index (χ0v) is 14.3. The Morgan fingerprint density at radius 1 is 0.808 bits per heavy atom. The third-order valence-corrected chi connectivity index (χ3v) is 4.49. The number of para-hydroxylation sites is 1. The summed E-state index contributed by atoms with van der Waals surface area (Å²) >= 11 is 0. The predicted octanol–water partition coefficient (Wildman–Crippen LogP) is 5.85. The molecule has 0 spiro atoms. The van der Waals surface area contributed by atoms with Crippen LogP contribution in [0.25, 0.3) is 6.08 Å². The maximum atomic E-state index is 14.4. The van der Waals surface area contributed by atoms with Crippen LogP contribution in [0.4, 0.5) is 10.1 Å². The molecule has 0 saturated heterocycles. The zero-order valence-electron chi connectivity index (χ0n) is 14.3. The zero-order chi connectivity index (χ0) is 17.8. The normalized spacial score (nSPS) is 16.9. The van der Waals surface area contributed by atoms with E-state index in [9.17, 15) is 4.39 Å². The van der Waals surface area contributed by atoms with Gasteiger partial charge >= 0.3 is 0 Å². The van der Waals surface area contributed by atoms with Crippen LogP contribution in [0, 0.1) is 5.82 Å². The van der Waals surface area contributed by atoms with Crippen LogP contribution in [-0.2, 0) is 0 Å². The summed E-state index contributed by atoms with van der Waals surface area (Å²) in [6, 6.07) is 27.0. The van der Waals surface area contributed by atoms with Crippen LogP contribution in [0.2, 0.25) is 0 Å². The smallest absolute Gasteiger partial charge is 0.148 e. The topological polar surface area (TPSA) is 15.6 Å². The molecule has 1 atom stereocenters. The fourth-order valence-electron chi connectivity index (χ4n) is 3.18. The maximum Gasteiger partial charge on any atom is 0.148 e. The van der Waals surface area contributed by atoms with Gasteiger partial charge in [-0.3, -0.25) is 5.01 Å². The summed E-state index contributed by atoms with van der Waals surface area (Å²) in [5.74, 6) is -0.259. The van der Waals surface area contributed by atoms with Gasteiger partial charge in [-0.05, 0) is 29.3 Å². The Kier molecular flexibility index (Phi) is 4.61. The minimum absolute atomic E-state index is 0.0106. The molecule has 3 heteroatoms. The van der Waals surface area contributed by atoms with Crippen LogP contribution in [0.1, 0.15) is 23.6 Å². The molecule has 1 aliphatic rings. The molecule has 0 bridgehead atoms. The first kappa shape index (κ1) is 16.3. The first-order chi connectivity index (χ1) is 12.8. The van der Waals surface area contributed by atoms with Gasteiger partial charge in [0.05, 0.1) is 17.4 Å². The number of allylic oxidation sites excluding steroid dienone is 1. The van der Waals surface area contributed by atoms with Crippen LogP contribution in [0.3, 0.4) is 0 Å². The predicted molar refractivity (Wildman–Crippen MR) is 106 cm³/mol. The Morgan fingerprint density at radius 3 is 2.19 bits per heavy atom. The third kappa shape index (κ3) is 3.42. The van der Waals surface area contributed by atoms with Gasteiger partial charge in [-0.15, -0.1) is 0 Å². The summed E-state index contributed by atoms with van der Waals surface area (Å²) in [6.07, 6.45) is 4.81. The van der Waals surface area contributed by atoms with Crippen molar-refractivity contribution in [3.05, 3.63) is 108 Å². The molecule has 4 rings (SSSR count). The van der Waals surface area contributed by atoms with Crippen LogP contribution in [0.5, 0.6) is 0 Å². The molecule has 1 aliphatic heterocycles. The molecule has 128 valence electrons. The van der Waals surface area contributed by atoms with Crippen LogP contribution in [0.15, 0.2) is 96.1 Å². The van der Waals surface area contributed by atoms with Crippen molar-refractivity contribution in [2.75, 3.05) is 5.01 Å². The first-order valence-corrected chi connectivity index (χ1v) is 8.70. The van der Waals surface area contributed by atoms with Gasteiger partial charge in [-0.2, -0.15) is 5.10 Å². The average molecular weight is 342 g/mol. The minimum atomic E-state index is -0.259. The van der Waals surface area contributed by atoms with E-state index in [-0.39, 0.29) is 11.9 Å². The Bertz CT molecular complexity index is 933. The lowest BCUT2D eigenvalue weighted by molar-refractivity contribution is 0.606. The summed E-state index contributed by atoms with van der Waals surface area (Å²) in [5.41, 5.74) is 3.69. The van der Waals surface area contributed by atoms with Gasteiger partial charge in [-0.1, -0.05) is 78.9 Å². The summed E-state index contributed by atoms with van der Waals surface area (Å²) in [4.78, 5) is 0. The van der Waals surface area contributed by atoms with Crippen LogP contribution >= 0.6 is 0 Å². The average Bonchev–Trinajstić information content (AvgIpc) is 3.12. The summed E-state index contributed by atoms with van der Waals surface area (Å²) in [5, 5.41) is 6.52. The number of rotatable bonds is 4. The summed E-state index contributed by atoms with van der Waals surface area (Å²) in [7, 11) is 0. The van der Waals surface area contributed by atoms with Gasteiger partial charge in [-0.25, -0.2) is 4.39 Å².